The van der Waals surface area contributed by atoms with Gasteiger partial charge in [0.05, 0.1) is 24.1 Å². The second-order valence-electron chi connectivity index (χ2n) is 6.18. The minimum absolute atomic E-state index is 0.278. The lowest BCUT2D eigenvalue weighted by atomic mass is 10.1. The minimum atomic E-state index is 0.278. The molecule has 126 valence electrons. The highest BCUT2D eigenvalue weighted by Gasteiger charge is 2.27. The average molecular weight is 332 g/mol. The van der Waals surface area contributed by atoms with Crippen molar-refractivity contribution in [1.29, 1.82) is 0 Å². The molecule has 1 atom stereocenters. The van der Waals surface area contributed by atoms with Gasteiger partial charge in [-0.3, -0.25) is 14.9 Å². The van der Waals surface area contributed by atoms with Crippen LogP contribution < -0.4 is 4.74 Å². The molecule has 0 bridgehead atoms. The Balaban J connectivity index is 1.51. The van der Waals surface area contributed by atoms with Gasteiger partial charge in [0.15, 0.2) is 0 Å². The van der Waals surface area contributed by atoms with Gasteiger partial charge in [0.1, 0.15) is 5.75 Å². The molecule has 4 rings (SSSR count). The summed E-state index contributed by atoms with van der Waals surface area (Å²) in [7, 11) is 0. The van der Waals surface area contributed by atoms with Crippen molar-refractivity contribution in [1.82, 2.24) is 19.9 Å². The van der Waals surface area contributed by atoms with E-state index in [1.54, 1.807) is 6.20 Å². The van der Waals surface area contributed by atoms with Crippen LogP contribution in [0.3, 0.4) is 0 Å². The number of ether oxygens (including phenoxy) is 1. The van der Waals surface area contributed by atoms with Gasteiger partial charge in [-0.25, -0.2) is 4.98 Å². The number of para-hydroxylation sites is 1. The van der Waals surface area contributed by atoms with Crippen LogP contribution in [0.2, 0.25) is 0 Å². The fourth-order valence-electron chi connectivity index (χ4n) is 3.25. The summed E-state index contributed by atoms with van der Waals surface area (Å²) in [5, 5.41) is 0. The van der Waals surface area contributed by atoms with E-state index in [1.165, 1.54) is 12.0 Å². The van der Waals surface area contributed by atoms with E-state index in [0.717, 1.165) is 31.0 Å². The zero-order valence-electron chi connectivity index (χ0n) is 14.0. The van der Waals surface area contributed by atoms with Crippen LogP contribution in [0.1, 0.15) is 30.1 Å². The Labute approximate surface area is 147 Å². The summed E-state index contributed by atoms with van der Waals surface area (Å²) in [5.74, 6) is 1.31. The van der Waals surface area contributed by atoms with E-state index in [1.807, 2.05) is 48.9 Å². The number of pyridine rings is 1. The van der Waals surface area contributed by atoms with Crippen molar-refractivity contribution in [3.05, 3.63) is 78.5 Å². The van der Waals surface area contributed by atoms with Crippen LogP contribution in [0.5, 0.6) is 11.6 Å². The molecule has 5 heteroatoms. The first-order valence-electron chi connectivity index (χ1n) is 8.56. The van der Waals surface area contributed by atoms with Crippen molar-refractivity contribution in [2.45, 2.75) is 25.4 Å². The van der Waals surface area contributed by atoms with Gasteiger partial charge in [-0.05, 0) is 49.2 Å². The molecule has 1 aliphatic rings. The number of likely N-dealkylation sites (tertiary alicyclic amines) is 1. The Morgan fingerprint density at radius 1 is 1.00 bits per heavy atom. The largest absolute Gasteiger partial charge is 0.437 e. The summed E-state index contributed by atoms with van der Waals surface area (Å²) in [4.78, 5) is 15.6. The molecule has 1 aromatic carbocycles. The van der Waals surface area contributed by atoms with Crippen molar-refractivity contribution < 1.29 is 4.74 Å². The lowest BCUT2D eigenvalue weighted by Gasteiger charge is -2.24. The molecular formula is C20H20N4O. The maximum atomic E-state index is 5.83. The molecule has 25 heavy (non-hydrogen) atoms. The number of aromatic nitrogens is 3. The third kappa shape index (κ3) is 3.83. The topological polar surface area (TPSA) is 51.1 Å². The molecule has 3 heterocycles. The Bertz CT molecular complexity index is 810. The van der Waals surface area contributed by atoms with Gasteiger partial charge in [0.25, 0.3) is 0 Å². The molecule has 1 unspecified atom stereocenters. The van der Waals surface area contributed by atoms with Crippen molar-refractivity contribution in [3.8, 4) is 11.6 Å². The van der Waals surface area contributed by atoms with E-state index in [2.05, 4.69) is 27.0 Å². The Morgan fingerprint density at radius 3 is 2.68 bits per heavy atom. The lowest BCUT2D eigenvalue weighted by molar-refractivity contribution is 0.242. The molecule has 5 nitrogen and oxygen atoms in total. The third-order valence-corrected chi connectivity index (χ3v) is 4.44. The average Bonchev–Trinajstić information content (AvgIpc) is 3.12. The van der Waals surface area contributed by atoms with Crippen molar-refractivity contribution in [2.24, 2.45) is 0 Å². The summed E-state index contributed by atoms with van der Waals surface area (Å²) in [6.07, 6.45) is 9.46. The Kier molecular flexibility index (Phi) is 4.65. The molecule has 1 aliphatic heterocycles. The minimum Gasteiger partial charge on any atom is -0.437 e. The van der Waals surface area contributed by atoms with Crippen LogP contribution in [-0.4, -0.2) is 26.4 Å². The van der Waals surface area contributed by atoms with Gasteiger partial charge in [-0.15, -0.1) is 0 Å². The molecule has 0 radical (unpaired) electrons. The zero-order chi connectivity index (χ0) is 16.9. The number of hydrogen-bond acceptors (Lipinski definition) is 5. The van der Waals surface area contributed by atoms with Gasteiger partial charge in [-0.2, -0.15) is 0 Å². The maximum Gasteiger partial charge on any atom is 0.238 e. The van der Waals surface area contributed by atoms with E-state index in [9.17, 15) is 0 Å². The van der Waals surface area contributed by atoms with Crippen LogP contribution in [0.25, 0.3) is 0 Å². The SMILES string of the molecule is c1ccc(Oc2cncc(C3CCCN3Cc3ccncc3)n2)cc1. The quantitative estimate of drug-likeness (QED) is 0.707. The molecular weight excluding hydrogens is 312 g/mol. The first-order chi connectivity index (χ1) is 12.4. The summed E-state index contributed by atoms with van der Waals surface area (Å²) in [6.45, 7) is 1.97. The van der Waals surface area contributed by atoms with E-state index >= 15 is 0 Å². The van der Waals surface area contributed by atoms with Crippen LogP contribution in [0.15, 0.2) is 67.3 Å². The normalized spacial score (nSPS) is 17.5. The van der Waals surface area contributed by atoms with Crippen molar-refractivity contribution in [3.63, 3.8) is 0 Å². The van der Waals surface area contributed by atoms with Crippen LogP contribution in [0.4, 0.5) is 0 Å². The molecule has 0 aliphatic carbocycles. The first-order valence-corrected chi connectivity index (χ1v) is 8.56. The molecule has 1 fully saturated rings. The smallest absolute Gasteiger partial charge is 0.238 e. The Morgan fingerprint density at radius 2 is 1.84 bits per heavy atom. The van der Waals surface area contributed by atoms with Crippen molar-refractivity contribution >= 4 is 0 Å². The Hall–Kier alpha value is -2.79. The molecule has 3 aromatic rings. The van der Waals surface area contributed by atoms with E-state index < -0.39 is 0 Å². The molecule has 0 amide bonds. The van der Waals surface area contributed by atoms with E-state index in [0.29, 0.717) is 5.88 Å². The molecule has 1 saturated heterocycles. The second-order valence-corrected chi connectivity index (χ2v) is 6.18. The van der Waals surface area contributed by atoms with Gasteiger partial charge < -0.3 is 4.74 Å². The van der Waals surface area contributed by atoms with Gasteiger partial charge >= 0.3 is 0 Å². The number of benzene rings is 1. The second kappa shape index (κ2) is 7.40. The van der Waals surface area contributed by atoms with Crippen LogP contribution >= 0.6 is 0 Å². The number of rotatable bonds is 5. The predicted octanol–water partition coefficient (Wildman–Crippen LogP) is 4.00. The monoisotopic (exact) mass is 332 g/mol. The number of hydrogen-bond donors (Lipinski definition) is 0. The molecule has 0 spiro atoms. The standard InChI is InChI=1S/C20H20N4O/c1-2-5-17(6-3-1)25-20-14-22-13-18(23-20)19-7-4-12-24(19)15-16-8-10-21-11-9-16/h1-3,5-6,8-11,13-14,19H,4,7,12,15H2. The highest BCUT2D eigenvalue weighted by Crippen LogP contribution is 2.32. The van der Waals surface area contributed by atoms with E-state index in [4.69, 9.17) is 9.72 Å². The fraction of sp³-hybridized carbons (Fsp3) is 0.250. The van der Waals surface area contributed by atoms with E-state index in [-0.39, 0.29) is 6.04 Å². The van der Waals surface area contributed by atoms with Gasteiger partial charge in [0.2, 0.25) is 5.88 Å². The summed E-state index contributed by atoms with van der Waals surface area (Å²) >= 11 is 0. The highest BCUT2D eigenvalue weighted by molar-refractivity contribution is 5.26. The van der Waals surface area contributed by atoms with Crippen LogP contribution in [0, 0.1) is 0 Å². The summed E-state index contributed by atoms with van der Waals surface area (Å²) in [6, 6.07) is 14.1. The van der Waals surface area contributed by atoms with Gasteiger partial charge in [0, 0.05) is 18.9 Å². The third-order valence-electron chi connectivity index (χ3n) is 4.44. The predicted molar refractivity (Wildman–Crippen MR) is 95.2 cm³/mol. The summed E-state index contributed by atoms with van der Waals surface area (Å²) in [5.41, 5.74) is 2.24. The van der Waals surface area contributed by atoms with Gasteiger partial charge in [-0.1, -0.05) is 18.2 Å². The lowest BCUT2D eigenvalue weighted by Crippen LogP contribution is -2.23. The molecule has 0 N–H and O–H groups in total. The highest BCUT2D eigenvalue weighted by atomic mass is 16.5. The summed E-state index contributed by atoms with van der Waals surface area (Å²) < 4.78 is 5.83. The first kappa shape index (κ1) is 15.7. The maximum absolute atomic E-state index is 5.83. The number of nitrogens with zero attached hydrogens (tertiary/aromatic N) is 4. The van der Waals surface area contributed by atoms with Crippen LogP contribution in [-0.2, 0) is 6.54 Å². The van der Waals surface area contributed by atoms with Crippen molar-refractivity contribution in [2.75, 3.05) is 6.54 Å². The zero-order valence-corrected chi connectivity index (χ0v) is 14.0. The fourth-order valence-corrected chi connectivity index (χ4v) is 3.25. The molecule has 2 aromatic heterocycles. The molecule has 0 saturated carbocycles.